The number of esters is 1. The second kappa shape index (κ2) is 8.48. The van der Waals surface area contributed by atoms with E-state index in [0.29, 0.717) is 12.1 Å². The van der Waals surface area contributed by atoms with Crippen LogP contribution in [0.25, 0.3) is 0 Å². The van der Waals surface area contributed by atoms with Gasteiger partial charge in [0.25, 0.3) is 5.91 Å². The Morgan fingerprint density at radius 2 is 1.85 bits per heavy atom. The lowest BCUT2D eigenvalue weighted by Crippen LogP contribution is -3.08. The molecule has 5 nitrogen and oxygen atoms in total. The Labute approximate surface area is 148 Å². The van der Waals surface area contributed by atoms with Crippen molar-refractivity contribution in [1.29, 1.82) is 0 Å². The highest BCUT2D eigenvalue weighted by Crippen LogP contribution is 2.19. The number of methoxy groups -OCH3 is 1. The van der Waals surface area contributed by atoms with Gasteiger partial charge in [0.1, 0.15) is 6.54 Å². The molecule has 0 aliphatic heterocycles. The normalized spacial score (nSPS) is 11.7. The van der Waals surface area contributed by atoms with Crippen LogP contribution >= 0.6 is 0 Å². The Kier molecular flexibility index (Phi) is 6.35. The van der Waals surface area contributed by atoms with Crippen LogP contribution in [0.4, 0.5) is 18.9 Å². The standard InChI is InChI=1S/C18H17F3N2O3/c1-23(9-11-4-3-5-12(8-11)18(25)26-2)10-15(24)22-14-7-6-13(19)16(20)17(14)21/h3-8H,9-10H2,1-2H3,(H,22,24)/p+1. The van der Waals surface area contributed by atoms with E-state index < -0.39 is 35.0 Å². The van der Waals surface area contributed by atoms with E-state index >= 15 is 0 Å². The molecular formula is C18H18F3N2O3+. The fraction of sp³-hybridized carbons (Fsp3) is 0.222. The summed E-state index contributed by atoms with van der Waals surface area (Å²) in [4.78, 5) is 24.3. The summed E-state index contributed by atoms with van der Waals surface area (Å²) in [7, 11) is 3.01. The van der Waals surface area contributed by atoms with Gasteiger partial charge in [-0.3, -0.25) is 4.79 Å². The molecule has 0 saturated heterocycles. The molecule has 0 heterocycles. The molecule has 2 rings (SSSR count). The highest BCUT2D eigenvalue weighted by Gasteiger charge is 2.17. The Morgan fingerprint density at radius 1 is 1.12 bits per heavy atom. The molecule has 8 heteroatoms. The fourth-order valence-corrected chi connectivity index (χ4v) is 2.43. The maximum absolute atomic E-state index is 13.6. The monoisotopic (exact) mass is 367 g/mol. The summed E-state index contributed by atoms with van der Waals surface area (Å²) in [6.07, 6.45) is 0. The van der Waals surface area contributed by atoms with Crippen LogP contribution in [0.5, 0.6) is 0 Å². The third-order valence-electron chi connectivity index (χ3n) is 3.63. The molecule has 0 aliphatic carbocycles. The predicted molar refractivity (Wildman–Crippen MR) is 88.2 cm³/mol. The van der Waals surface area contributed by atoms with Crippen LogP contribution < -0.4 is 10.2 Å². The molecule has 1 atom stereocenters. The summed E-state index contributed by atoms with van der Waals surface area (Å²) in [5.74, 6) is -5.42. The number of likely N-dealkylation sites (N-methyl/N-ethyl adjacent to an activating group) is 1. The van der Waals surface area contributed by atoms with Crippen molar-refractivity contribution in [3.05, 3.63) is 65.0 Å². The van der Waals surface area contributed by atoms with Gasteiger partial charge in [-0.2, -0.15) is 0 Å². The number of ether oxygens (including phenoxy) is 1. The van der Waals surface area contributed by atoms with Crippen molar-refractivity contribution in [2.75, 3.05) is 26.0 Å². The van der Waals surface area contributed by atoms with Gasteiger partial charge in [-0.1, -0.05) is 12.1 Å². The van der Waals surface area contributed by atoms with E-state index in [-0.39, 0.29) is 6.54 Å². The van der Waals surface area contributed by atoms with Crippen molar-refractivity contribution in [3.8, 4) is 0 Å². The van der Waals surface area contributed by atoms with Gasteiger partial charge in [0, 0.05) is 5.56 Å². The van der Waals surface area contributed by atoms with Crippen LogP contribution in [-0.4, -0.2) is 32.6 Å². The number of anilines is 1. The van der Waals surface area contributed by atoms with Crippen LogP contribution in [0, 0.1) is 17.5 Å². The number of hydrogen-bond donors (Lipinski definition) is 2. The van der Waals surface area contributed by atoms with E-state index in [4.69, 9.17) is 0 Å². The number of hydrogen-bond acceptors (Lipinski definition) is 3. The second-order valence-electron chi connectivity index (χ2n) is 5.77. The quantitative estimate of drug-likeness (QED) is 0.602. The van der Waals surface area contributed by atoms with Crippen molar-refractivity contribution in [1.82, 2.24) is 0 Å². The minimum Gasteiger partial charge on any atom is -0.465 e. The first-order valence-corrected chi connectivity index (χ1v) is 7.73. The zero-order valence-electron chi connectivity index (χ0n) is 14.2. The number of amides is 1. The summed E-state index contributed by atoms with van der Waals surface area (Å²) in [5, 5.41) is 2.22. The predicted octanol–water partition coefficient (Wildman–Crippen LogP) is 1.54. The minimum atomic E-state index is -1.64. The minimum absolute atomic E-state index is 0.0408. The topological polar surface area (TPSA) is 59.8 Å². The van der Waals surface area contributed by atoms with Crippen LogP contribution in [0.3, 0.4) is 0 Å². The lowest BCUT2D eigenvalue weighted by molar-refractivity contribution is -0.885. The van der Waals surface area contributed by atoms with Crippen molar-refractivity contribution in [2.24, 2.45) is 0 Å². The molecule has 0 spiro atoms. The van der Waals surface area contributed by atoms with Crippen LogP contribution in [-0.2, 0) is 16.1 Å². The molecule has 2 N–H and O–H groups in total. The van der Waals surface area contributed by atoms with E-state index in [9.17, 15) is 22.8 Å². The number of carbonyl (C=O) groups is 2. The maximum atomic E-state index is 13.6. The number of halogens is 3. The largest absolute Gasteiger partial charge is 0.465 e. The molecule has 138 valence electrons. The van der Waals surface area contributed by atoms with Crippen molar-refractivity contribution in [3.63, 3.8) is 0 Å². The Bertz CT molecular complexity index is 827. The number of rotatable bonds is 6. The zero-order valence-corrected chi connectivity index (χ0v) is 14.2. The molecule has 0 aromatic heterocycles. The van der Waals surface area contributed by atoms with Gasteiger partial charge in [-0.05, 0) is 24.3 Å². The smallest absolute Gasteiger partial charge is 0.337 e. The summed E-state index contributed by atoms with van der Waals surface area (Å²) < 4.78 is 44.3. The van der Waals surface area contributed by atoms with Gasteiger partial charge in [0.2, 0.25) is 0 Å². The third kappa shape index (κ3) is 4.82. The third-order valence-corrected chi connectivity index (χ3v) is 3.63. The van der Waals surface area contributed by atoms with Crippen LogP contribution in [0.1, 0.15) is 15.9 Å². The zero-order chi connectivity index (χ0) is 19.3. The van der Waals surface area contributed by atoms with Gasteiger partial charge in [-0.15, -0.1) is 0 Å². The first-order chi connectivity index (χ1) is 12.3. The molecule has 2 aromatic carbocycles. The molecule has 0 saturated carbocycles. The first-order valence-electron chi connectivity index (χ1n) is 7.73. The number of benzene rings is 2. The lowest BCUT2D eigenvalue weighted by Gasteiger charge is -2.14. The SMILES string of the molecule is COC(=O)c1cccc(C[NH+](C)CC(=O)Nc2ccc(F)c(F)c2F)c1. The molecule has 0 aliphatic rings. The van der Waals surface area contributed by atoms with Crippen molar-refractivity contribution < 1.29 is 32.4 Å². The van der Waals surface area contributed by atoms with E-state index in [1.807, 2.05) is 0 Å². The van der Waals surface area contributed by atoms with Crippen molar-refractivity contribution >= 4 is 17.6 Å². The highest BCUT2D eigenvalue weighted by molar-refractivity contribution is 5.91. The molecule has 1 amide bonds. The van der Waals surface area contributed by atoms with E-state index in [2.05, 4.69) is 10.1 Å². The Hall–Kier alpha value is -2.87. The number of nitrogens with one attached hydrogen (secondary N) is 2. The molecule has 2 aromatic rings. The average Bonchev–Trinajstić information content (AvgIpc) is 2.61. The van der Waals surface area contributed by atoms with Gasteiger partial charge in [0.15, 0.2) is 24.0 Å². The van der Waals surface area contributed by atoms with Crippen molar-refractivity contribution in [2.45, 2.75) is 6.54 Å². The molecule has 26 heavy (non-hydrogen) atoms. The molecule has 0 fully saturated rings. The number of quaternary nitrogens is 1. The second-order valence-corrected chi connectivity index (χ2v) is 5.77. The molecule has 1 unspecified atom stereocenters. The highest BCUT2D eigenvalue weighted by atomic mass is 19.2. The summed E-state index contributed by atoms with van der Waals surface area (Å²) in [6.45, 7) is 0.374. The Balaban J connectivity index is 1.97. The van der Waals surface area contributed by atoms with E-state index in [1.165, 1.54) is 7.11 Å². The summed E-state index contributed by atoms with van der Waals surface area (Å²) in [5.41, 5.74) is 0.776. The van der Waals surface area contributed by atoms with E-state index in [1.54, 1.807) is 31.3 Å². The van der Waals surface area contributed by atoms with Gasteiger partial charge >= 0.3 is 5.97 Å². The van der Waals surface area contributed by atoms with Crippen LogP contribution in [0.2, 0.25) is 0 Å². The lowest BCUT2D eigenvalue weighted by atomic mass is 10.1. The average molecular weight is 367 g/mol. The van der Waals surface area contributed by atoms with Gasteiger partial charge in [-0.25, -0.2) is 18.0 Å². The number of carbonyl (C=O) groups excluding carboxylic acids is 2. The summed E-state index contributed by atoms with van der Waals surface area (Å²) in [6, 6.07) is 8.46. The fourth-order valence-electron chi connectivity index (χ4n) is 2.43. The van der Waals surface area contributed by atoms with E-state index in [0.717, 1.165) is 22.6 Å². The van der Waals surface area contributed by atoms with Crippen LogP contribution in [0.15, 0.2) is 36.4 Å². The molecular weight excluding hydrogens is 349 g/mol. The Morgan fingerprint density at radius 3 is 2.54 bits per heavy atom. The molecule has 0 radical (unpaired) electrons. The van der Waals surface area contributed by atoms with Gasteiger partial charge in [0.05, 0.1) is 25.4 Å². The molecule has 0 bridgehead atoms. The maximum Gasteiger partial charge on any atom is 0.337 e. The summed E-state index contributed by atoms with van der Waals surface area (Å²) >= 11 is 0. The van der Waals surface area contributed by atoms with Gasteiger partial charge < -0.3 is 15.0 Å². The first kappa shape index (κ1) is 19.5.